The summed E-state index contributed by atoms with van der Waals surface area (Å²) in [6.45, 7) is 0. The van der Waals surface area contributed by atoms with Gasteiger partial charge in [0, 0.05) is 29.1 Å². The number of aromatic nitrogens is 3. The van der Waals surface area contributed by atoms with Crippen LogP contribution in [-0.2, 0) is 0 Å². The lowest BCUT2D eigenvalue weighted by molar-refractivity contribution is 1.18. The van der Waals surface area contributed by atoms with E-state index in [0.717, 1.165) is 28.1 Å². The Labute approximate surface area is 301 Å². The molecule has 10 rings (SSSR count). The predicted octanol–water partition coefficient (Wildman–Crippen LogP) is 12.8. The molecule has 3 nitrogen and oxygen atoms in total. The van der Waals surface area contributed by atoms with Crippen LogP contribution < -0.4 is 0 Å². The lowest BCUT2D eigenvalue weighted by atomic mass is 9.84. The van der Waals surface area contributed by atoms with Crippen LogP contribution in [0.25, 0.3) is 99.2 Å². The SMILES string of the molecule is c1ccc(-c2ccc(-c3ccnc(-c4ccc5c(-c6ccc7ccccc7c6)c6ccccc6c(-c6ccc7ccccc7c6)c5c4)n3)cc2)nc1. The highest BCUT2D eigenvalue weighted by Gasteiger charge is 2.19. The number of fused-ring (bicyclic) bond motifs is 4. The van der Waals surface area contributed by atoms with E-state index in [1.165, 1.54) is 65.3 Å². The molecule has 0 radical (unpaired) electrons. The van der Waals surface area contributed by atoms with Crippen LogP contribution >= 0.6 is 0 Å². The minimum atomic E-state index is 0.693. The molecule has 3 heteroatoms. The van der Waals surface area contributed by atoms with E-state index in [9.17, 15) is 0 Å². The topological polar surface area (TPSA) is 38.7 Å². The van der Waals surface area contributed by atoms with E-state index in [-0.39, 0.29) is 0 Å². The van der Waals surface area contributed by atoms with Crippen molar-refractivity contribution in [1.82, 2.24) is 15.0 Å². The van der Waals surface area contributed by atoms with Crippen molar-refractivity contribution < 1.29 is 0 Å². The average Bonchev–Trinajstić information content (AvgIpc) is 3.22. The lowest BCUT2D eigenvalue weighted by Crippen LogP contribution is -1.94. The van der Waals surface area contributed by atoms with Gasteiger partial charge < -0.3 is 0 Å². The van der Waals surface area contributed by atoms with Gasteiger partial charge in [0.1, 0.15) is 0 Å². The van der Waals surface area contributed by atoms with Gasteiger partial charge in [-0.05, 0) is 102 Å². The van der Waals surface area contributed by atoms with Gasteiger partial charge in [-0.25, -0.2) is 9.97 Å². The number of hydrogen-bond acceptors (Lipinski definition) is 3. The predicted molar refractivity (Wildman–Crippen MR) is 217 cm³/mol. The van der Waals surface area contributed by atoms with Crippen molar-refractivity contribution in [2.75, 3.05) is 0 Å². The molecule has 0 aliphatic carbocycles. The summed E-state index contributed by atoms with van der Waals surface area (Å²) < 4.78 is 0. The maximum Gasteiger partial charge on any atom is 0.159 e. The highest BCUT2D eigenvalue weighted by atomic mass is 14.9. The number of nitrogens with zero attached hydrogens (tertiary/aromatic N) is 3. The van der Waals surface area contributed by atoms with Crippen LogP contribution in [0.5, 0.6) is 0 Å². The molecule has 0 aliphatic heterocycles. The van der Waals surface area contributed by atoms with Crippen LogP contribution in [0.3, 0.4) is 0 Å². The summed E-state index contributed by atoms with van der Waals surface area (Å²) in [5.41, 5.74) is 9.73. The van der Waals surface area contributed by atoms with Crippen molar-refractivity contribution >= 4 is 43.1 Å². The van der Waals surface area contributed by atoms with E-state index in [0.29, 0.717) is 5.82 Å². The summed E-state index contributed by atoms with van der Waals surface area (Å²) in [7, 11) is 0. The van der Waals surface area contributed by atoms with Gasteiger partial charge >= 0.3 is 0 Å². The Balaban J connectivity index is 1.19. The monoisotopic (exact) mass is 661 g/mol. The van der Waals surface area contributed by atoms with Crippen molar-refractivity contribution in [2.24, 2.45) is 0 Å². The zero-order chi connectivity index (χ0) is 34.4. The maximum atomic E-state index is 5.12. The molecule has 242 valence electrons. The van der Waals surface area contributed by atoms with Crippen LogP contribution in [0.2, 0.25) is 0 Å². The van der Waals surface area contributed by atoms with Gasteiger partial charge in [-0.3, -0.25) is 4.98 Å². The molecule has 8 aromatic carbocycles. The van der Waals surface area contributed by atoms with E-state index in [2.05, 4.69) is 157 Å². The first kappa shape index (κ1) is 29.9. The molecule has 52 heavy (non-hydrogen) atoms. The Kier molecular flexibility index (Phi) is 7.14. The van der Waals surface area contributed by atoms with E-state index in [4.69, 9.17) is 9.97 Å². The summed E-state index contributed by atoms with van der Waals surface area (Å²) in [5.74, 6) is 0.693. The van der Waals surface area contributed by atoms with E-state index < -0.39 is 0 Å². The van der Waals surface area contributed by atoms with Gasteiger partial charge in [0.2, 0.25) is 0 Å². The van der Waals surface area contributed by atoms with Gasteiger partial charge in [-0.2, -0.15) is 0 Å². The Morgan fingerprint density at radius 1 is 0.288 bits per heavy atom. The first-order valence-electron chi connectivity index (χ1n) is 17.6. The standard InChI is InChI=1S/C49H31N3/c1-3-11-36-29-38(22-16-32(36)9-1)47-41-13-5-6-14-42(41)48(39-23-17-33-10-2-4-12-37(33)30-39)44-31-40(24-25-43(44)47)49-51-28-26-46(52-49)35-20-18-34(19-21-35)45-15-7-8-27-50-45/h1-31H. The highest BCUT2D eigenvalue weighted by Crippen LogP contribution is 2.45. The molecule has 0 aliphatic rings. The largest absolute Gasteiger partial charge is 0.256 e. The summed E-state index contributed by atoms with van der Waals surface area (Å²) in [4.78, 5) is 14.4. The van der Waals surface area contributed by atoms with Gasteiger partial charge in [-0.1, -0.05) is 140 Å². The Morgan fingerprint density at radius 3 is 1.44 bits per heavy atom. The molecular formula is C49H31N3. The smallest absolute Gasteiger partial charge is 0.159 e. The molecule has 0 bridgehead atoms. The first-order valence-corrected chi connectivity index (χ1v) is 17.6. The van der Waals surface area contributed by atoms with Crippen molar-refractivity contribution in [3.63, 3.8) is 0 Å². The summed E-state index contributed by atoms with van der Waals surface area (Å²) >= 11 is 0. The number of benzene rings is 8. The maximum absolute atomic E-state index is 5.12. The normalized spacial score (nSPS) is 11.5. The minimum Gasteiger partial charge on any atom is -0.256 e. The molecule has 2 aromatic heterocycles. The molecule has 0 fully saturated rings. The molecule has 10 aromatic rings. The van der Waals surface area contributed by atoms with E-state index in [1.54, 1.807) is 0 Å². The summed E-state index contributed by atoms with van der Waals surface area (Å²) in [6.07, 6.45) is 3.68. The van der Waals surface area contributed by atoms with Crippen molar-refractivity contribution in [2.45, 2.75) is 0 Å². The molecule has 0 N–H and O–H groups in total. The van der Waals surface area contributed by atoms with Gasteiger partial charge in [0.05, 0.1) is 11.4 Å². The number of hydrogen-bond donors (Lipinski definition) is 0. The second kappa shape index (κ2) is 12.4. The fourth-order valence-electron chi connectivity index (χ4n) is 7.63. The fraction of sp³-hybridized carbons (Fsp3) is 0. The van der Waals surface area contributed by atoms with Gasteiger partial charge in [0.15, 0.2) is 5.82 Å². The summed E-state index contributed by atoms with van der Waals surface area (Å²) in [6, 6.07) is 62.7. The Bertz CT molecular complexity index is 2950. The highest BCUT2D eigenvalue weighted by molar-refractivity contribution is 6.22. The number of rotatable bonds is 5. The van der Waals surface area contributed by atoms with Crippen LogP contribution in [0, 0.1) is 0 Å². The first-order chi connectivity index (χ1) is 25.8. The molecule has 2 heterocycles. The molecule has 0 spiro atoms. The summed E-state index contributed by atoms with van der Waals surface area (Å²) in [5, 5.41) is 9.72. The van der Waals surface area contributed by atoms with Gasteiger partial charge in [0.25, 0.3) is 0 Å². The van der Waals surface area contributed by atoms with Gasteiger partial charge in [-0.15, -0.1) is 0 Å². The second-order valence-electron chi connectivity index (χ2n) is 13.2. The Hall–Kier alpha value is -6.97. The Morgan fingerprint density at radius 2 is 0.808 bits per heavy atom. The molecule has 0 amide bonds. The van der Waals surface area contributed by atoms with Crippen molar-refractivity contribution in [3.8, 4) is 56.2 Å². The molecule has 0 saturated carbocycles. The fourth-order valence-corrected chi connectivity index (χ4v) is 7.63. The quantitative estimate of drug-likeness (QED) is 0.172. The second-order valence-corrected chi connectivity index (χ2v) is 13.2. The van der Waals surface area contributed by atoms with Crippen LogP contribution in [0.4, 0.5) is 0 Å². The van der Waals surface area contributed by atoms with Crippen molar-refractivity contribution in [1.29, 1.82) is 0 Å². The van der Waals surface area contributed by atoms with Crippen LogP contribution in [0.1, 0.15) is 0 Å². The molecule has 0 saturated heterocycles. The number of pyridine rings is 1. The van der Waals surface area contributed by atoms with E-state index >= 15 is 0 Å². The third-order valence-electron chi connectivity index (χ3n) is 10.2. The minimum absolute atomic E-state index is 0.693. The third-order valence-corrected chi connectivity index (χ3v) is 10.2. The lowest BCUT2D eigenvalue weighted by Gasteiger charge is -2.19. The molecular weight excluding hydrogens is 631 g/mol. The molecule has 0 atom stereocenters. The average molecular weight is 662 g/mol. The van der Waals surface area contributed by atoms with Crippen LogP contribution in [-0.4, -0.2) is 15.0 Å². The third kappa shape index (κ3) is 5.19. The zero-order valence-corrected chi connectivity index (χ0v) is 28.2. The van der Waals surface area contributed by atoms with Crippen molar-refractivity contribution in [3.05, 3.63) is 188 Å². The zero-order valence-electron chi connectivity index (χ0n) is 28.2. The van der Waals surface area contributed by atoms with E-state index in [1.807, 2.05) is 36.7 Å². The van der Waals surface area contributed by atoms with Crippen LogP contribution in [0.15, 0.2) is 188 Å². The molecule has 0 unspecified atom stereocenters.